The van der Waals surface area contributed by atoms with E-state index < -0.39 is 36.4 Å². The second-order valence-electron chi connectivity index (χ2n) is 7.09. The molecule has 5 atom stereocenters. The molecule has 0 heterocycles. The summed E-state index contributed by atoms with van der Waals surface area (Å²) in [5.74, 6) is -0.134. The molecule has 0 aromatic rings. The molecule has 0 radical (unpaired) electrons. The lowest BCUT2D eigenvalue weighted by atomic mass is 9.87. The first-order valence-corrected chi connectivity index (χ1v) is 8.84. The van der Waals surface area contributed by atoms with Crippen LogP contribution in [0.15, 0.2) is 0 Å². The molecule has 2 aliphatic rings. The molecule has 2 rings (SSSR count). The molecule has 0 saturated heterocycles. The van der Waals surface area contributed by atoms with E-state index >= 15 is 0 Å². The van der Waals surface area contributed by atoms with Gasteiger partial charge in [0.1, 0.15) is 0 Å². The number of esters is 1. The fraction of sp³-hybridized carbons (Fsp3) is 0.824. The van der Waals surface area contributed by atoms with Crippen LogP contribution in [0, 0.1) is 17.8 Å². The van der Waals surface area contributed by atoms with Crippen LogP contribution in [0.5, 0.6) is 0 Å². The van der Waals surface area contributed by atoms with E-state index in [0.717, 1.165) is 18.3 Å². The molecular formula is C17H28N2O6. The minimum absolute atomic E-state index is 0.0149. The monoisotopic (exact) mass is 356 g/mol. The first kappa shape index (κ1) is 19.7. The fourth-order valence-corrected chi connectivity index (χ4v) is 4.04. The number of aliphatic carboxylic acids is 1. The van der Waals surface area contributed by atoms with Gasteiger partial charge in [-0.1, -0.05) is 6.42 Å². The number of carbonyl (C=O) groups excluding carboxylic acids is 2. The van der Waals surface area contributed by atoms with Gasteiger partial charge >= 0.3 is 11.9 Å². The van der Waals surface area contributed by atoms with Gasteiger partial charge in [-0.15, -0.1) is 0 Å². The van der Waals surface area contributed by atoms with Gasteiger partial charge in [-0.25, -0.2) is 4.79 Å². The maximum Gasteiger partial charge on any atom is 0.330 e. The Morgan fingerprint density at radius 1 is 1.28 bits per heavy atom. The first-order chi connectivity index (χ1) is 11.9. The van der Waals surface area contributed by atoms with Crippen LogP contribution in [0.3, 0.4) is 0 Å². The Morgan fingerprint density at radius 3 is 2.60 bits per heavy atom. The lowest BCUT2D eigenvalue weighted by molar-refractivity contribution is -0.147. The average molecular weight is 356 g/mol. The number of nitrogens with one attached hydrogen (secondary N) is 1. The van der Waals surface area contributed by atoms with E-state index in [1.807, 2.05) is 0 Å². The second kappa shape index (κ2) is 9.15. The second-order valence-corrected chi connectivity index (χ2v) is 7.09. The highest BCUT2D eigenvalue weighted by Gasteiger charge is 2.38. The number of ether oxygens (including phenoxy) is 2. The Hall–Kier alpha value is -1.67. The zero-order valence-electron chi connectivity index (χ0n) is 14.6. The number of fused-ring (bicyclic) bond motifs is 2. The summed E-state index contributed by atoms with van der Waals surface area (Å²) in [6, 6.07) is -2.21. The summed E-state index contributed by atoms with van der Waals surface area (Å²) in [4.78, 5) is 34.3. The molecule has 0 aromatic heterocycles. The highest BCUT2D eigenvalue weighted by Crippen LogP contribution is 2.49. The molecule has 1 amide bonds. The van der Waals surface area contributed by atoms with Gasteiger partial charge in [-0.3, -0.25) is 9.59 Å². The van der Waals surface area contributed by atoms with Crippen molar-refractivity contribution in [1.29, 1.82) is 0 Å². The van der Waals surface area contributed by atoms with Crippen LogP contribution in [-0.4, -0.2) is 55.4 Å². The lowest BCUT2D eigenvalue weighted by Gasteiger charge is -2.22. The predicted octanol–water partition coefficient (Wildman–Crippen LogP) is 0.289. The van der Waals surface area contributed by atoms with Crippen LogP contribution in [0.1, 0.15) is 38.5 Å². The molecule has 4 N–H and O–H groups in total. The number of hydrogen-bond acceptors (Lipinski definition) is 6. The number of carboxylic acids is 1. The van der Waals surface area contributed by atoms with Crippen molar-refractivity contribution in [3.8, 4) is 0 Å². The minimum atomic E-state index is -1.22. The standard InChI is InChI=1S/C17H28N2O6/c1-24-17(23)14(19-16(22)13(18)8-15(20)21)9-25-5-4-12-7-10-2-3-11(12)6-10/h10-14H,2-9,18H2,1H3,(H,19,22)(H,20,21)/t10?,11?,12?,13-,14-/m0/s1. The van der Waals surface area contributed by atoms with Gasteiger partial charge in [0, 0.05) is 6.61 Å². The van der Waals surface area contributed by atoms with Gasteiger partial charge in [0.2, 0.25) is 5.91 Å². The number of nitrogens with two attached hydrogens (primary N) is 1. The number of hydrogen-bond donors (Lipinski definition) is 3. The van der Waals surface area contributed by atoms with Crippen LogP contribution >= 0.6 is 0 Å². The van der Waals surface area contributed by atoms with Gasteiger partial charge in [0.25, 0.3) is 0 Å². The largest absolute Gasteiger partial charge is 0.481 e. The quantitative estimate of drug-likeness (QED) is 0.379. The number of methoxy groups -OCH3 is 1. The molecule has 3 unspecified atom stereocenters. The number of rotatable bonds is 10. The molecule has 0 aliphatic heterocycles. The Morgan fingerprint density at radius 2 is 2.04 bits per heavy atom. The highest BCUT2D eigenvalue weighted by molar-refractivity contribution is 5.89. The summed E-state index contributed by atoms with van der Waals surface area (Å²) >= 11 is 0. The van der Waals surface area contributed by atoms with Crippen molar-refractivity contribution in [1.82, 2.24) is 5.32 Å². The summed E-state index contributed by atoms with van der Waals surface area (Å²) in [6.45, 7) is 0.511. The predicted molar refractivity (Wildman–Crippen MR) is 88.5 cm³/mol. The summed E-state index contributed by atoms with van der Waals surface area (Å²) < 4.78 is 10.2. The van der Waals surface area contributed by atoms with E-state index in [0.29, 0.717) is 12.5 Å². The maximum atomic E-state index is 11.9. The normalized spacial score (nSPS) is 26.9. The summed E-state index contributed by atoms with van der Waals surface area (Å²) in [6.07, 6.45) is 5.74. The summed E-state index contributed by atoms with van der Waals surface area (Å²) in [7, 11) is 1.22. The average Bonchev–Trinajstić information content (AvgIpc) is 3.18. The van der Waals surface area contributed by atoms with Crippen molar-refractivity contribution in [2.45, 2.75) is 50.6 Å². The fourth-order valence-electron chi connectivity index (χ4n) is 4.04. The third kappa shape index (κ3) is 5.67. The molecule has 2 aliphatic carbocycles. The third-order valence-corrected chi connectivity index (χ3v) is 5.34. The van der Waals surface area contributed by atoms with E-state index in [1.165, 1.54) is 32.8 Å². The topological polar surface area (TPSA) is 128 Å². The van der Waals surface area contributed by atoms with Gasteiger partial charge < -0.3 is 25.6 Å². The van der Waals surface area contributed by atoms with E-state index in [2.05, 4.69) is 10.1 Å². The Bertz CT molecular complexity index is 498. The SMILES string of the molecule is COC(=O)[C@H](COCCC1CC2CCC1C2)NC(=O)[C@@H](N)CC(=O)O. The molecule has 142 valence electrons. The van der Waals surface area contributed by atoms with Crippen LogP contribution in [-0.2, 0) is 23.9 Å². The van der Waals surface area contributed by atoms with Gasteiger partial charge in [-0.05, 0) is 43.4 Å². The Kier molecular flexibility index (Phi) is 7.19. The van der Waals surface area contributed by atoms with E-state index in [-0.39, 0.29) is 6.61 Å². The molecule has 0 spiro atoms. The minimum Gasteiger partial charge on any atom is -0.481 e. The first-order valence-electron chi connectivity index (χ1n) is 8.84. The molecule has 25 heavy (non-hydrogen) atoms. The smallest absolute Gasteiger partial charge is 0.330 e. The van der Waals surface area contributed by atoms with Crippen LogP contribution in [0.25, 0.3) is 0 Å². The van der Waals surface area contributed by atoms with Crippen LogP contribution in [0.4, 0.5) is 0 Å². The molecule has 8 heteroatoms. The van der Waals surface area contributed by atoms with Crippen molar-refractivity contribution in [3.63, 3.8) is 0 Å². The van der Waals surface area contributed by atoms with Crippen molar-refractivity contribution in [2.24, 2.45) is 23.5 Å². The Balaban J connectivity index is 1.72. The van der Waals surface area contributed by atoms with Gasteiger partial charge in [0.05, 0.1) is 26.2 Å². The number of carboxylic acid groups (broad SMARTS) is 1. The number of amides is 1. The summed E-state index contributed by atoms with van der Waals surface area (Å²) in [5, 5.41) is 11.1. The molecule has 2 saturated carbocycles. The van der Waals surface area contributed by atoms with E-state index in [4.69, 9.17) is 15.6 Å². The Labute approximate surface area is 147 Å². The zero-order valence-corrected chi connectivity index (χ0v) is 14.6. The molecule has 2 fully saturated rings. The van der Waals surface area contributed by atoms with Crippen molar-refractivity contribution in [3.05, 3.63) is 0 Å². The summed E-state index contributed by atoms with van der Waals surface area (Å²) in [5.41, 5.74) is 5.49. The van der Waals surface area contributed by atoms with E-state index in [1.54, 1.807) is 0 Å². The maximum absolute atomic E-state index is 11.9. The van der Waals surface area contributed by atoms with Crippen molar-refractivity contribution < 1.29 is 29.0 Å². The third-order valence-electron chi connectivity index (χ3n) is 5.34. The molecular weight excluding hydrogens is 328 g/mol. The van der Waals surface area contributed by atoms with Gasteiger partial charge in [0.15, 0.2) is 6.04 Å². The number of carbonyl (C=O) groups is 3. The van der Waals surface area contributed by atoms with E-state index in [9.17, 15) is 14.4 Å². The van der Waals surface area contributed by atoms with Crippen molar-refractivity contribution in [2.75, 3.05) is 20.3 Å². The zero-order chi connectivity index (χ0) is 18.4. The molecule has 2 bridgehead atoms. The lowest BCUT2D eigenvalue weighted by Crippen LogP contribution is -2.51. The highest BCUT2D eigenvalue weighted by atomic mass is 16.5. The van der Waals surface area contributed by atoms with Crippen LogP contribution < -0.4 is 11.1 Å². The molecule has 8 nitrogen and oxygen atoms in total. The van der Waals surface area contributed by atoms with Crippen LogP contribution in [0.2, 0.25) is 0 Å². The van der Waals surface area contributed by atoms with Crippen molar-refractivity contribution >= 4 is 17.8 Å². The van der Waals surface area contributed by atoms with Gasteiger partial charge in [-0.2, -0.15) is 0 Å². The molecule has 0 aromatic carbocycles.